The van der Waals surface area contributed by atoms with Gasteiger partial charge in [-0.2, -0.15) is 0 Å². The molecule has 0 amide bonds. The molecule has 1 heterocycles. The minimum Gasteiger partial charge on any atom is -0.248 e. The van der Waals surface area contributed by atoms with Crippen molar-refractivity contribution in [1.82, 2.24) is 8.96 Å². The number of hydrogen-bond donors (Lipinski definition) is 0. The van der Waals surface area contributed by atoms with Gasteiger partial charge in [-0.1, -0.05) is 30.3 Å². The number of benzene rings is 1. The van der Waals surface area contributed by atoms with E-state index >= 15 is 0 Å². The number of imidazole rings is 1. The fourth-order valence-corrected chi connectivity index (χ4v) is 2.34. The average Bonchev–Trinajstić information content (AvgIpc) is 3.09. The summed E-state index contributed by atoms with van der Waals surface area (Å²) in [7, 11) is 0. The Morgan fingerprint density at radius 1 is 1.25 bits per heavy atom. The lowest BCUT2D eigenvalue weighted by Crippen LogP contribution is -1.91. The molecule has 1 aliphatic rings. The molecule has 2 nitrogen and oxygen atoms in total. The van der Waals surface area contributed by atoms with E-state index in [1.54, 1.807) is 10.3 Å². The Balaban J connectivity index is 2.10. The van der Waals surface area contributed by atoms with Gasteiger partial charge < -0.3 is 0 Å². The lowest BCUT2D eigenvalue weighted by Gasteiger charge is -2.03. The van der Waals surface area contributed by atoms with Crippen LogP contribution in [0.25, 0.3) is 11.3 Å². The number of aromatic nitrogens is 2. The van der Waals surface area contributed by atoms with Gasteiger partial charge in [0.05, 0.1) is 11.4 Å². The number of rotatable bonds is 3. The van der Waals surface area contributed by atoms with E-state index in [0.717, 1.165) is 29.8 Å². The van der Waals surface area contributed by atoms with Gasteiger partial charge in [-0.3, -0.25) is 0 Å². The molecule has 82 valence electrons. The van der Waals surface area contributed by atoms with Crippen LogP contribution in [0.4, 0.5) is 3.89 Å². The van der Waals surface area contributed by atoms with Crippen LogP contribution in [0.2, 0.25) is 0 Å². The Morgan fingerprint density at radius 3 is 2.62 bits per heavy atom. The van der Waals surface area contributed by atoms with E-state index in [1.807, 2.05) is 30.3 Å². The first-order chi connectivity index (χ1) is 7.90. The van der Waals surface area contributed by atoms with Gasteiger partial charge in [0.25, 0.3) is 0 Å². The lowest BCUT2D eigenvalue weighted by molar-refractivity contribution is 0.895. The summed E-state index contributed by atoms with van der Waals surface area (Å²) >= 11 is 0.233. The average molecular weight is 234 g/mol. The van der Waals surface area contributed by atoms with E-state index in [2.05, 4.69) is 4.98 Å². The van der Waals surface area contributed by atoms with Crippen molar-refractivity contribution in [3.8, 4) is 11.3 Å². The van der Waals surface area contributed by atoms with Crippen molar-refractivity contribution in [2.45, 2.75) is 18.8 Å². The summed E-state index contributed by atoms with van der Waals surface area (Å²) in [6.45, 7) is 0. The Bertz CT molecular complexity index is 491. The van der Waals surface area contributed by atoms with Gasteiger partial charge in [-0.15, -0.1) is 3.89 Å². The van der Waals surface area contributed by atoms with Crippen molar-refractivity contribution < 1.29 is 3.89 Å². The SMILES string of the molecule is FSn1cnc(-c2ccccc2)c1C1CC1. The molecule has 0 atom stereocenters. The summed E-state index contributed by atoms with van der Waals surface area (Å²) in [5, 5.41) is 0. The molecule has 1 aromatic heterocycles. The summed E-state index contributed by atoms with van der Waals surface area (Å²) in [5.41, 5.74) is 3.02. The highest BCUT2D eigenvalue weighted by Crippen LogP contribution is 2.45. The largest absolute Gasteiger partial charge is 0.248 e. The van der Waals surface area contributed by atoms with Crippen LogP contribution in [0.1, 0.15) is 24.5 Å². The zero-order chi connectivity index (χ0) is 11.0. The van der Waals surface area contributed by atoms with Crippen LogP contribution in [-0.4, -0.2) is 8.96 Å². The first kappa shape index (κ1) is 9.90. The van der Waals surface area contributed by atoms with Gasteiger partial charge in [-0.05, 0) is 12.8 Å². The third-order valence-corrected chi connectivity index (χ3v) is 3.30. The quantitative estimate of drug-likeness (QED) is 0.803. The van der Waals surface area contributed by atoms with Crippen molar-refractivity contribution in [1.29, 1.82) is 0 Å². The summed E-state index contributed by atoms with van der Waals surface area (Å²) < 4.78 is 14.3. The predicted molar refractivity (Wildman–Crippen MR) is 63.7 cm³/mol. The van der Waals surface area contributed by atoms with Crippen LogP contribution in [0.5, 0.6) is 0 Å². The number of halogens is 1. The minimum atomic E-state index is 0.233. The molecule has 1 fully saturated rings. The van der Waals surface area contributed by atoms with Gasteiger partial charge in [0.2, 0.25) is 0 Å². The third kappa shape index (κ3) is 1.63. The molecule has 16 heavy (non-hydrogen) atoms. The second-order valence-electron chi connectivity index (χ2n) is 4.01. The van der Waals surface area contributed by atoms with Gasteiger partial charge in [0, 0.05) is 11.5 Å². The van der Waals surface area contributed by atoms with E-state index in [0.29, 0.717) is 5.92 Å². The number of hydrogen-bond acceptors (Lipinski definition) is 2. The first-order valence-corrected chi connectivity index (χ1v) is 5.99. The maximum atomic E-state index is 12.7. The van der Waals surface area contributed by atoms with Crippen LogP contribution in [0.3, 0.4) is 0 Å². The van der Waals surface area contributed by atoms with Gasteiger partial charge in [0.1, 0.15) is 6.33 Å². The van der Waals surface area contributed by atoms with Crippen molar-refractivity contribution in [3.63, 3.8) is 0 Å². The standard InChI is InChI=1S/C12H11FN2S/c13-16-15-8-14-11(12(15)10-6-7-10)9-4-2-1-3-5-9/h1-5,8,10H,6-7H2. The Kier molecular flexibility index (Phi) is 2.44. The van der Waals surface area contributed by atoms with E-state index in [4.69, 9.17) is 0 Å². The van der Waals surface area contributed by atoms with Crippen LogP contribution >= 0.6 is 12.3 Å². The highest BCUT2D eigenvalue weighted by Gasteiger charge is 2.31. The van der Waals surface area contributed by atoms with Crippen LogP contribution in [0.15, 0.2) is 36.7 Å². The molecule has 0 aliphatic heterocycles. The van der Waals surface area contributed by atoms with Crippen LogP contribution < -0.4 is 0 Å². The smallest absolute Gasteiger partial charge is 0.170 e. The molecule has 0 spiro atoms. The highest BCUT2D eigenvalue weighted by atomic mass is 32.2. The molecule has 0 bridgehead atoms. The third-order valence-electron chi connectivity index (χ3n) is 2.86. The zero-order valence-electron chi connectivity index (χ0n) is 8.64. The summed E-state index contributed by atoms with van der Waals surface area (Å²) in [6, 6.07) is 9.96. The molecule has 0 saturated heterocycles. The summed E-state index contributed by atoms with van der Waals surface area (Å²) in [6.07, 6.45) is 3.86. The molecule has 2 aromatic rings. The Hall–Kier alpha value is -1.29. The minimum absolute atomic E-state index is 0.233. The van der Waals surface area contributed by atoms with E-state index in [9.17, 15) is 3.89 Å². The van der Waals surface area contributed by atoms with Crippen LogP contribution in [-0.2, 0) is 0 Å². The second-order valence-corrected chi connectivity index (χ2v) is 4.54. The molecule has 4 heteroatoms. The monoisotopic (exact) mass is 234 g/mol. The molecule has 1 aliphatic carbocycles. The van der Waals surface area contributed by atoms with E-state index in [1.165, 1.54) is 0 Å². The van der Waals surface area contributed by atoms with Crippen molar-refractivity contribution in [3.05, 3.63) is 42.4 Å². The molecule has 3 rings (SSSR count). The molecular weight excluding hydrogens is 223 g/mol. The predicted octanol–water partition coefficient (Wildman–Crippen LogP) is 3.81. The normalized spacial score (nSPS) is 15.3. The molecular formula is C12H11FN2S. The molecule has 0 radical (unpaired) electrons. The zero-order valence-corrected chi connectivity index (χ0v) is 9.45. The topological polar surface area (TPSA) is 17.8 Å². The maximum Gasteiger partial charge on any atom is 0.170 e. The molecule has 1 saturated carbocycles. The van der Waals surface area contributed by atoms with Crippen molar-refractivity contribution in [2.24, 2.45) is 0 Å². The van der Waals surface area contributed by atoms with Crippen molar-refractivity contribution >= 4 is 12.3 Å². The molecule has 1 aromatic carbocycles. The molecule has 0 unspecified atom stereocenters. The maximum absolute atomic E-state index is 12.7. The molecule has 0 N–H and O–H groups in total. The lowest BCUT2D eigenvalue weighted by atomic mass is 10.1. The Morgan fingerprint density at radius 2 is 2.00 bits per heavy atom. The van der Waals surface area contributed by atoms with Crippen molar-refractivity contribution in [2.75, 3.05) is 0 Å². The summed E-state index contributed by atoms with van der Waals surface area (Å²) in [5.74, 6) is 0.487. The fourth-order valence-electron chi connectivity index (χ4n) is 1.95. The van der Waals surface area contributed by atoms with Gasteiger partial charge in [0.15, 0.2) is 12.3 Å². The number of nitrogens with zero attached hydrogens (tertiary/aromatic N) is 2. The van der Waals surface area contributed by atoms with Crippen LogP contribution in [0, 0.1) is 0 Å². The van der Waals surface area contributed by atoms with E-state index < -0.39 is 0 Å². The Labute approximate surface area is 97.9 Å². The highest BCUT2D eigenvalue weighted by molar-refractivity contribution is 7.92. The van der Waals surface area contributed by atoms with Gasteiger partial charge in [-0.25, -0.2) is 8.96 Å². The first-order valence-electron chi connectivity index (χ1n) is 5.32. The van der Waals surface area contributed by atoms with E-state index in [-0.39, 0.29) is 12.3 Å². The fraction of sp³-hybridized carbons (Fsp3) is 0.250. The summed E-state index contributed by atoms with van der Waals surface area (Å²) in [4.78, 5) is 4.32. The van der Waals surface area contributed by atoms with Gasteiger partial charge >= 0.3 is 0 Å². The second kappa shape index (κ2) is 3.94.